The number of hydrogen-bond acceptors (Lipinski definition) is 6. The van der Waals surface area contributed by atoms with Gasteiger partial charge in [0.15, 0.2) is 5.16 Å². The average Bonchev–Trinajstić information content (AvgIpc) is 3.42. The second-order valence-corrected chi connectivity index (χ2v) is 7.32. The van der Waals surface area contributed by atoms with Gasteiger partial charge in [0.25, 0.3) is 0 Å². The maximum absolute atomic E-state index is 12.9. The summed E-state index contributed by atoms with van der Waals surface area (Å²) in [6, 6.07) is 11.8. The first kappa shape index (κ1) is 17.5. The SMILES string of the molecule is CC(C1CC1)N(Cc1ccccc1)C(=O)CSc1nc(N)cc(N)n1. The van der Waals surface area contributed by atoms with Crippen LogP contribution in [0.1, 0.15) is 25.3 Å². The van der Waals surface area contributed by atoms with Gasteiger partial charge in [-0.2, -0.15) is 0 Å². The molecule has 7 heteroatoms. The number of benzene rings is 1. The predicted molar refractivity (Wildman–Crippen MR) is 101 cm³/mol. The molecule has 0 aliphatic heterocycles. The molecular formula is C18H23N5OS. The van der Waals surface area contributed by atoms with E-state index < -0.39 is 0 Å². The number of aromatic nitrogens is 2. The molecule has 1 fully saturated rings. The number of hydrogen-bond donors (Lipinski definition) is 2. The highest BCUT2D eigenvalue weighted by molar-refractivity contribution is 7.99. The minimum Gasteiger partial charge on any atom is -0.383 e. The van der Waals surface area contributed by atoms with Gasteiger partial charge in [0.1, 0.15) is 11.6 Å². The number of rotatable bonds is 7. The van der Waals surface area contributed by atoms with Gasteiger partial charge in [-0.25, -0.2) is 9.97 Å². The molecule has 1 heterocycles. The van der Waals surface area contributed by atoms with E-state index in [4.69, 9.17) is 11.5 Å². The molecule has 132 valence electrons. The van der Waals surface area contributed by atoms with Gasteiger partial charge in [-0.05, 0) is 31.2 Å². The topological polar surface area (TPSA) is 98.1 Å². The van der Waals surface area contributed by atoms with E-state index in [1.54, 1.807) is 0 Å². The Labute approximate surface area is 152 Å². The number of carbonyl (C=O) groups excluding carboxylic acids is 1. The lowest BCUT2D eigenvalue weighted by Crippen LogP contribution is -2.40. The van der Waals surface area contributed by atoms with Crippen LogP contribution in [-0.4, -0.2) is 32.6 Å². The van der Waals surface area contributed by atoms with Gasteiger partial charge in [-0.1, -0.05) is 42.1 Å². The van der Waals surface area contributed by atoms with Crippen LogP contribution in [0.2, 0.25) is 0 Å². The highest BCUT2D eigenvalue weighted by Gasteiger charge is 2.34. The number of carbonyl (C=O) groups is 1. The summed E-state index contributed by atoms with van der Waals surface area (Å²) < 4.78 is 0. The molecule has 1 unspecified atom stereocenters. The number of thioether (sulfide) groups is 1. The Kier molecular flexibility index (Phi) is 5.43. The van der Waals surface area contributed by atoms with E-state index in [-0.39, 0.29) is 17.7 Å². The van der Waals surface area contributed by atoms with Crippen molar-refractivity contribution in [1.29, 1.82) is 0 Å². The molecule has 0 bridgehead atoms. The molecule has 0 radical (unpaired) electrons. The molecule has 3 rings (SSSR count). The van der Waals surface area contributed by atoms with Crippen molar-refractivity contribution >= 4 is 29.3 Å². The highest BCUT2D eigenvalue weighted by atomic mass is 32.2. The molecule has 1 aliphatic rings. The van der Waals surface area contributed by atoms with Crippen molar-refractivity contribution in [3.63, 3.8) is 0 Å². The Morgan fingerprint density at radius 1 is 1.24 bits per heavy atom. The second kappa shape index (κ2) is 7.74. The first-order valence-electron chi connectivity index (χ1n) is 8.39. The minimum absolute atomic E-state index is 0.0813. The summed E-state index contributed by atoms with van der Waals surface area (Å²) in [4.78, 5) is 23.1. The minimum atomic E-state index is 0.0813. The number of nitrogens with two attached hydrogens (primary N) is 2. The smallest absolute Gasteiger partial charge is 0.233 e. The molecule has 0 saturated heterocycles. The van der Waals surface area contributed by atoms with Gasteiger partial charge in [-0.15, -0.1) is 0 Å². The number of amides is 1. The van der Waals surface area contributed by atoms with Crippen LogP contribution < -0.4 is 11.5 Å². The third kappa shape index (κ3) is 4.85. The van der Waals surface area contributed by atoms with Crippen LogP contribution in [0.25, 0.3) is 0 Å². The molecular weight excluding hydrogens is 334 g/mol. The van der Waals surface area contributed by atoms with Crippen molar-refractivity contribution in [2.45, 2.75) is 37.5 Å². The van der Waals surface area contributed by atoms with E-state index in [1.165, 1.54) is 30.7 Å². The van der Waals surface area contributed by atoms with E-state index >= 15 is 0 Å². The summed E-state index contributed by atoms with van der Waals surface area (Å²) in [5.41, 5.74) is 12.5. The van der Waals surface area contributed by atoms with Gasteiger partial charge in [0.2, 0.25) is 5.91 Å². The van der Waals surface area contributed by atoms with Crippen LogP contribution in [0.5, 0.6) is 0 Å². The summed E-state index contributed by atoms with van der Waals surface area (Å²) in [5.74, 6) is 1.59. The fourth-order valence-electron chi connectivity index (χ4n) is 2.81. The summed E-state index contributed by atoms with van der Waals surface area (Å²) in [7, 11) is 0. The third-order valence-corrected chi connectivity index (χ3v) is 5.21. The van der Waals surface area contributed by atoms with E-state index in [0.717, 1.165) is 5.56 Å². The molecule has 0 spiro atoms. The fourth-order valence-corrected chi connectivity index (χ4v) is 3.57. The van der Waals surface area contributed by atoms with Crippen LogP contribution >= 0.6 is 11.8 Å². The van der Waals surface area contributed by atoms with Gasteiger partial charge >= 0.3 is 0 Å². The van der Waals surface area contributed by atoms with Crippen LogP contribution in [0.4, 0.5) is 11.6 Å². The maximum atomic E-state index is 12.9. The van der Waals surface area contributed by atoms with E-state index in [2.05, 4.69) is 29.0 Å². The quantitative estimate of drug-likeness (QED) is 0.584. The number of nitrogen functional groups attached to an aromatic ring is 2. The lowest BCUT2D eigenvalue weighted by atomic mass is 10.1. The van der Waals surface area contributed by atoms with Gasteiger partial charge < -0.3 is 16.4 Å². The Balaban J connectivity index is 1.67. The first-order chi connectivity index (χ1) is 12.0. The Bertz CT molecular complexity index is 715. The summed E-state index contributed by atoms with van der Waals surface area (Å²) >= 11 is 1.27. The Morgan fingerprint density at radius 3 is 2.48 bits per heavy atom. The molecule has 1 aromatic carbocycles. The van der Waals surface area contributed by atoms with Crippen LogP contribution in [0.3, 0.4) is 0 Å². The predicted octanol–water partition coefficient (Wildman–Crippen LogP) is 2.56. The molecule has 25 heavy (non-hydrogen) atoms. The Hall–Kier alpha value is -2.28. The molecule has 4 N–H and O–H groups in total. The molecule has 1 saturated carbocycles. The lowest BCUT2D eigenvalue weighted by Gasteiger charge is -2.29. The van der Waals surface area contributed by atoms with Crippen LogP contribution in [0, 0.1) is 5.92 Å². The molecule has 1 aliphatic carbocycles. The zero-order valence-electron chi connectivity index (χ0n) is 14.3. The monoisotopic (exact) mass is 357 g/mol. The molecule has 1 atom stereocenters. The van der Waals surface area contributed by atoms with Gasteiger partial charge in [0.05, 0.1) is 5.75 Å². The second-order valence-electron chi connectivity index (χ2n) is 6.37. The van der Waals surface area contributed by atoms with Crippen molar-refractivity contribution in [2.75, 3.05) is 17.2 Å². The summed E-state index contributed by atoms with van der Waals surface area (Å²) in [5, 5.41) is 0.435. The third-order valence-electron chi connectivity index (χ3n) is 4.38. The van der Waals surface area contributed by atoms with Gasteiger partial charge in [0, 0.05) is 18.7 Å². The number of nitrogens with zero attached hydrogens (tertiary/aromatic N) is 3. The zero-order chi connectivity index (χ0) is 17.8. The van der Waals surface area contributed by atoms with Crippen molar-refractivity contribution in [2.24, 2.45) is 5.92 Å². The van der Waals surface area contributed by atoms with Crippen molar-refractivity contribution in [3.05, 3.63) is 42.0 Å². The molecule has 1 aromatic heterocycles. The average molecular weight is 357 g/mol. The zero-order valence-corrected chi connectivity index (χ0v) is 15.1. The van der Waals surface area contributed by atoms with Crippen LogP contribution in [0.15, 0.2) is 41.6 Å². The van der Waals surface area contributed by atoms with Crippen molar-refractivity contribution in [3.8, 4) is 0 Å². The standard InChI is InChI=1S/C18H23N5OS/c1-12(14-7-8-14)23(10-13-5-3-2-4-6-13)17(24)11-25-18-21-15(19)9-16(20)22-18/h2-6,9,12,14H,7-8,10-11H2,1H3,(H4,19,20,21,22). The van der Waals surface area contributed by atoms with Crippen molar-refractivity contribution in [1.82, 2.24) is 14.9 Å². The Morgan fingerprint density at radius 2 is 1.88 bits per heavy atom. The molecule has 2 aromatic rings. The molecule has 6 nitrogen and oxygen atoms in total. The highest BCUT2D eigenvalue weighted by Crippen LogP contribution is 2.36. The normalized spacial score (nSPS) is 14.9. The maximum Gasteiger partial charge on any atom is 0.233 e. The summed E-state index contributed by atoms with van der Waals surface area (Å²) in [6.45, 7) is 2.76. The number of anilines is 2. The largest absolute Gasteiger partial charge is 0.383 e. The lowest BCUT2D eigenvalue weighted by molar-refractivity contribution is -0.131. The van der Waals surface area contributed by atoms with Crippen LogP contribution in [-0.2, 0) is 11.3 Å². The van der Waals surface area contributed by atoms with E-state index in [1.807, 2.05) is 23.1 Å². The van der Waals surface area contributed by atoms with Crippen molar-refractivity contribution < 1.29 is 4.79 Å². The van der Waals surface area contributed by atoms with Gasteiger partial charge in [-0.3, -0.25) is 4.79 Å². The molecule has 1 amide bonds. The van der Waals surface area contributed by atoms with E-state index in [0.29, 0.717) is 29.3 Å². The summed E-state index contributed by atoms with van der Waals surface area (Å²) in [6.07, 6.45) is 2.39. The fraction of sp³-hybridized carbons (Fsp3) is 0.389. The van der Waals surface area contributed by atoms with E-state index in [9.17, 15) is 4.79 Å². The first-order valence-corrected chi connectivity index (χ1v) is 9.37.